The zero-order valence-electron chi connectivity index (χ0n) is 10.1. The average molecular weight is 276 g/mol. The Kier molecular flexibility index (Phi) is 3.12. The van der Waals surface area contributed by atoms with Crippen LogP contribution in [0.1, 0.15) is 12.8 Å². The summed E-state index contributed by atoms with van der Waals surface area (Å²) in [6.07, 6.45) is 3.23. The van der Waals surface area contributed by atoms with E-state index in [0.717, 1.165) is 12.1 Å². The number of carboxylic acid groups (broad SMARTS) is 1. The molecule has 1 unspecified atom stereocenters. The van der Waals surface area contributed by atoms with E-state index in [4.69, 9.17) is 0 Å². The Morgan fingerprint density at radius 3 is 3.05 bits per heavy atom. The third-order valence-electron chi connectivity index (χ3n) is 3.08. The van der Waals surface area contributed by atoms with E-state index in [9.17, 15) is 9.90 Å². The predicted molar refractivity (Wildman–Crippen MR) is 71.1 cm³/mol. The molecule has 2 aromatic rings. The fourth-order valence-corrected chi connectivity index (χ4v) is 3.07. The van der Waals surface area contributed by atoms with Crippen molar-refractivity contribution < 1.29 is 9.90 Å². The molecule has 3 rings (SSSR count). The summed E-state index contributed by atoms with van der Waals surface area (Å²) in [6.45, 7) is 0.716. The molecule has 98 valence electrons. The molecule has 7 heteroatoms. The smallest absolute Gasteiger partial charge is 0.326 e. The largest absolute Gasteiger partial charge is 0.480 e. The molecule has 1 fully saturated rings. The molecule has 1 atom stereocenters. The Hall–Kier alpha value is -2.02. The molecule has 1 aliphatic rings. The summed E-state index contributed by atoms with van der Waals surface area (Å²) in [5, 5.41) is 18.7. The van der Waals surface area contributed by atoms with Crippen molar-refractivity contribution in [1.29, 1.82) is 0 Å². The van der Waals surface area contributed by atoms with Gasteiger partial charge in [0.15, 0.2) is 5.01 Å². The molecular weight excluding hydrogens is 264 g/mol. The molecule has 1 saturated heterocycles. The highest BCUT2D eigenvalue weighted by Crippen LogP contribution is 2.31. The van der Waals surface area contributed by atoms with Crippen molar-refractivity contribution in [1.82, 2.24) is 15.2 Å². The molecule has 2 aromatic heterocycles. The van der Waals surface area contributed by atoms with Crippen LogP contribution < -0.4 is 4.90 Å². The van der Waals surface area contributed by atoms with Crippen LogP contribution in [0.5, 0.6) is 0 Å². The van der Waals surface area contributed by atoms with Crippen LogP contribution in [0.4, 0.5) is 5.13 Å². The first-order chi connectivity index (χ1) is 9.25. The Labute approximate surface area is 113 Å². The van der Waals surface area contributed by atoms with Gasteiger partial charge in [-0.15, -0.1) is 10.2 Å². The number of hydrogen-bond donors (Lipinski definition) is 1. The van der Waals surface area contributed by atoms with E-state index in [0.29, 0.717) is 23.1 Å². The second-order valence-corrected chi connectivity index (χ2v) is 5.25. The summed E-state index contributed by atoms with van der Waals surface area (Å²) < 4.78 is 0. The summed E-state index contributed by atoms with van der Waals surface area (Å²) in [4.78, 5) is 17.2. The van der Waals surface area contributed by atoms with Crippen molar-refractivity contribution in [3.63, 3.8) is 0 Å². The lowest BCUT2D eigenvalue weighted by Gasteiger charge is -2.19. The molecule has 19 heavy (non-hydrogen) atoms. The number of carbonyl (C=O) groups is 1. The predicted octanol–water partition coefficient (Wildman–Crippen LogP) is 1.65. The molecule has 3 heterocycles. The first kappa shape index (κ1) is 12.0. The third-order valence-corrected chi connectivity index (χ3v) is 4.06. The van der Waals surface area contributed by atoms with E-state index < -0.39 is 12.0 Å². The monoisotopic (exact) mass is 276 g/mol. The van der Waals surface area contributed by atoms with Gasteiger partial charge < -0.3 is 10.0 Å². The molecule has 1 N–H and O–H groups in total. The molecule has 0 saturated carbocycles. The Balaban J connectivity index is 1.87. The zero-order chi connectivity index (χ0) is 13.2. The lowest BCUT2D eigenvalue weighted by Crippen LogP contribution is -2.35. The van der Waals surface area contributed by atoms with E-state index in [1.807, 2.05) is 23.1 Å². The maximum atomic E-state index is 11.2. The summed E-state index contributed by atoms with van der Waals surface area (Å²) in [7, 11) is 0. The van der Waals surface area contributed by atoms with Gasteiger partial charge in [0.2, 0.25) is 5.13 Å². The van der Waals surface area contributed by atoms with Gasteiger partial charge in [0.05, 0.1) is 0 Å². The molecule has 0 aromatic carbocycles. The topological polar surface area (TPSA) is 79.2 Å². The summed E-state index contributed by atoms with van der Waals surface area (Å²) >= 11 is 1.38. The maximum Gasteiger partial charge on any atom is 0.326 e. The van der Waals surface area contributed by atoms with Crippen LogP contribution in [0.2, 0.25) is 0 Å². The van der Waals surface area contributed by atoms with Crippen LogP contribution in [0.15, 0.2) is 24.4 Å². The number of aromatic nitrogens is 3. The number of carboxylic acids is 1. The minimum Gasteiger partial charge on any atom is -0.480 e. The normalized spacial score (nSPS) is 18.7. The Bertz CT molecular complexity index is 586. The number of anilines is 1. The molecule has 0 spiro atoms. The number of hydrogen-bond acceptors (Lipinski definition) is 6. The molecule has 0 radical (unpaired) electrons. The van der Waals surface area contributed by atoms with Gasteiger partial charge in [-0.3, -0.25) is 4.98 Å². The maximum absolute atomic E-state index is 11.2. The Morgan fingerprint density at radius 2 is 2.32 bits per heavy atom. The van der Waals surface area contributed by atoms with E-state index >= 15 is 0 Å². The average Bonchev–Trinajstić information content (AvgIpc) is 3.08. The van der Waals surface area contributed by atoms with Crippen molar-refractivity contribution in [2.75, 3.05) is 11.4 Å². The van der Waals surface area contributed by atoms with Crippen molar-refractivity contribution in [3.8, 4) is 10.7 Å². The highest BCUT2D eigenvalue weighted by molar-refractivity contribution is 7.18. The second-order valence-electron chi connectivity index (χ2n) is 4.29. The van der Waals surface area contributed by atoms with E-state index in [2.05, 4.69) is 15.2 Å². The summed E-state index contributed by atoms with van der Waals surface area (Å²) in [5.41, 5.74) is 0.761. The van der Waals surface area contributed by atoms with Crippen LogP contribution >= 0.6 is 11.3 Å². The lowest BCUT2D eigenvalue weighted by molar-refractivity contribution is -0.138. The van der Waals surface area contributed by atoms with Gasteiger partial charge in [0.25, 0.3) is 0 Å². The van der Waals surface area contributed by atoms with Crippen LogP contribution in [-0.2, 0) is 4.79 Å². The van der Waals surface area contributed by atoms with Gasteiger partial charge in [0.1, 0.15) is 11.7 Å². The minimum absolute atomic E-state index is 0.482. The van der Waals surface area contributed by atoms with Gasteiger partial charge in [-0.05, 0) is 25.0 Å². The van der Waals surface area contributed by atoms with Gasteiger partial charge >= 0.3 is 5.97 Å². The van der Waals surface area contributed by atoms with Crippen LogP contribution in [0.3, 0.4) is 0 Å². The molecule has 1 aliphatic heterocycles. The first-order valence-electron chi connectivity index (χ1n) is 6.00. The number of aliphatic carboxylic acids is 1. The van der Waals surface area contributed by atoms with Gasteiger partial charge in [-0.2, -0.15) is 0 Å². The molecule has 0 bridgehead atoms. The van der Waals surface area contributed by atoms with Gasteiger partial charge in [-0.25, -0.2) is 4.79 Å². The molecular formula is C12H12N4O2S. The SMILES string of the molecule is O=C(O)C1CCCN1c1nnc(-c2ccccn2)s1. The fraction of sp³-hybridized carbons (Fsp3) is 0.333. The third kappa shape index (κ3) is 2.28. The summed E-state index contributed by atoms with van der Waals surface area (Å²) in [5.74, 6) is -0.799. The van der Waals surface area contributed by atoms with Crippen molar-refractivity contribution in [2.24, 2.45) is 0 Å². The van der Waals surface area contributed by atoms with Crippen LogP contribution in [0, 0.1) is 0 Å². The van der Waals surface area contributed by atoms with Gasteiger partial charge in [0, 0.05) is 12.7 Å². The van der Waals surface area contributed by atoms with Crippen molar-refractivity contribution in [2.45, 2.75) is 18.9 Å². The molecule has 0 amide bonds. The standard InChI is InChI=1S/C12H12N4O2S/c17-11(18)9-5-3-7-16(9)12-15-14-10(19-12)8-4-1-2-6-13-8/h1-2,4,6,9H,3,5,7H2,(H,17,18). The van der Waals surface area contributed by atoms with Crippen molar-refractivity contribution >= 4 is 22.4 Å². The zero-order valence-corrected chi connectivity index (χ0v) is 10.9. The number of rotatable bonds is 3. The summed E-state index contributed by atoms with van der Waals surface area (Å²) in [6, 6.07) is 5.11. The highest BCUT2D eigenvalue weighted by atomic mass is 32.1. The number of pyridine rings is 1. The Morgan fingerprint density at radius 1 is 1.42 bits per heavy atom. The second kappa shape index (κ2) is 4.93. The first-order valence-corrected chi connectivity index (χ1v) is 6.82. The highest BCUT2D eigenvalue weighted by Gasteiger charge is 2.32. The van der Waals surface area contributed by atoms with Crippen molar-refractivity contribution in [3.05, 3.63) is 24.4 Å². The van der Waals surface area contributed by atoms with E-state index in [1.165, 1.54) is 11.3 Å². The molecule has 0 aliphatic carbocycles. The minimum atomic E-state index is -0.799. The van der Waals surface area contributed by atoms with Crippen LogP contribution in [0.25, 0.3) is 10.7 Å². The quantitative estimate of drug-likeness (QED) is 0.918. The van der Waals surface area contributed by atoms with Gasteiger partial charge in [-0.1, -0.05) is 17.4 Å². The van der Waals surface area contributed by atoms with E-state index in [1.54, 1.807) is 6.20 Å². The van der Waals surface area contributed by atoms with Crippen LogP contribution in [-0.4, -0.2) is 38.8 Å². The fourth-order valence-electron chi connectivity index (χ4n) is 2.18. The lowest BCUT2D eigenvalue weighted by atomic mass is 10.2. The van der Waals surface area contributed by atoms with E-state index in [-0.39, 0.29) is 0 Å². The number of nitrogens with zero attached hydrogens (tertiary/aromatic N) is 4. The molecule has 6 nitrogen and oxygen atoms in total.